The molecular weight excluding hydrogens is 348 g/mol. The minimum atomic E-state index is -3.45. The summed E-state index contributed by atoms with van der Waals surface area (Å²) in [6.07, 6.45) is 0.797. The second-order valence-corrected chi connectivity index (χ2v) is 8.79. The van der Waals surface area contributed by atoms with Crippen molar-refractivity contribution in [1.29, 1.82) is 0 Å². The Morgan fingerprint density at radius 2 is 1.65 bits per heavy atom. The maximum absolute atomic E-state index is 12.5. The number of amides is 1. The van der Waals surface area contributed by atoms with Crippen LogP contribution >= 0.6 is 0 Å². The van der Waals surface area contributed by atoms with Gasteiger partial charge in [0.2, 0.25) is 0 Å². The molecule has 1 unspecified atom stereocenters. The molecule has 0 aliphatic carbocycles. The summed E-state index contributed by atoms with van der Waals surface area (Å²) < 4.78 is 25.0. The van der Waals surface area contributed by atoms with Crippen LogP contribution in [0, 0.1) is 5.92 Å². The van der Waals surface area contributed by atoms with E-state index in [1.165, 1.54) is 24.3 Å². The van der Waals surface area contributed by atoms with Crippen LogP contribution in [0.25, 0.3) is 0 Å². The van der Waals surface area contributed by atoms with Crippen molar-refractivity contribution in [2.45, 2.75) is 37.0 Å². The van der Waals surface area contributed by atoms with Crippen molar-refractivity contribution in [3.05, 3.63) is 65.7 Å². The second kappa shape index (κ2) is 8.96. The Balaban J connectivity index is 2.08. The zero-order valence-corrected chi connectivity index (χ0v) is 16.0. The molecule has 0 saturated carbocycles. The monoisotopic (exact) mass is 374 g/mol. The molecule has 0 aliphatic heterocycles. The Kier molecular flexibility index (Phi) is 6.94. The Morgan fingerprint density at radius 1 is 1.04 bits per heavy atom. The molecule has 1 amide bonds. The van der Waals surface area contributed by atoms with Gasteiger partial charge in [-0.05, 0) is 42.2 Å². The summed E-state index contributed by atoms with van der Waals surface area (Å²) >= 11 is 0. The quantitative estimate of drug-likeness (QED) is 0.743. The summed E-state index contributed by atoms with van der Waals surface area (Å²) in [5.41, 5.74) is 6.86. The van der Waals surface area contributed by atoms with Gasteiger partial charge in [0.15, 0.2) is 9.84 Å². The molecule has 0 spiro atoms. The van der Waals surface area contributed by atoms with E-state index in [2.05, 4.69) is 19.2 Å². The van der Waals surface area contributed by atoms with Crippen LogP contribution in [-0.2, 0) is 15.6 Å². The number of carbonyl (C=O) groups excluding carboxylic acids is 1. The van der Waals surface area contributed by atoms with Gasteiger partial charge in [-0.15, -0.1) is 0 Å². The lowest BCUT2D eigenvalue weighted by atomic mass is 10.0. The Labute approximate surface area is 155 Å². The van der Waals surface area contributed by atoms with Crippen molar-refractivity contribution in [1.82, 2.24) is 5.32 Å². The maximum atomic E-state index is 12.5. The van der Waals surface area contributed by atoms with E-state index in [0.29, 0.717) is 18.0 Å². The fourth-order valence-corrected chi connectivity index (χ4v) is 4.09. The third kappa shape index (κ3) is 5.68. The predicted molar refractivity (Wildman–Crippen MR) is 104 cm³/mol. The average Bonchev–Trinajstić information content (AvgIpc) is 2.61. The Hall–Kier alpha value is -2.18. The molecule has 0 heterocycles. The molecule has 5 nitrogen and oxygen atoms in total. The number of hydrogen-bond acceptors (Lipinski definition) is 4. The van der Waals surface area contributed by atoms with Crippen LogP contribution < -0.4 is 11.1 Å². The summed E-state index contributed by atoms with van der Waals surface area (Å²) in [7, 11) is -3.45. The number of rotatable bonds is 8. The number of nitrogens with one attached hydrogen (secondary N) is 1. The van der Waals surface area contributed by atoms with Crippen LogP contribution in [0.2, 0.25) is 0 Å². The summed E-state index contributed by atoms with van der Waals surface area (Å²) in [4.78, 5) is 12.5. The van der Waals surface area contributed by atoms with Gasteiger partial charge < -0.3 is 11.1 Å². The van der Waals surface area contributed by atoms with Crippen molar-refractivity contribution in [2.75, 3.05) is 6.54 Å². The zero-order valence-electron chi connectivity index (χ0n) is 15.2. The van der Waals surface area contributed by atoms with Crippen molar-refractivity contribution >= 4 is 15.7 Å². The topological polar surface area (TPSA) is 89.3 Å². The van der Waals surface area contributed by atoms with E-state index >= 15 is 0 Å². The van der Waals surface area contributed by atoms with Gasteiger partial charge in [-0.1, -0.05) is 44.2 Å². The van der Waals surface area contributed by atoms with Crippen LogP contribution in [-0.4, -0.2) is 26.9 Å². The van der Waals surface area contributed by atoms with Crippen molar-refractivity contribution in [3.63, 3.8) is 0 Å². The minimum absolute atomic E-state index is 0.0664. The van der Waals surface area contributed by atoms with Gasteiger partial charge in [0, 0.05) is 18.2 Å². The fourth-order valence-electron chi connectivity index (χ4n) is 2.74. The van der Waals surface area contributed by atoms with E-state index in [-0.39, 0.29) is 22.6 Å². The highest BCUT2D eigenvalue weighted by Crippen LogP contribution is 2.17. The second-order valence-electron chi connectivity index (χ2n) is 6.80. The summed E-state index contributed by atoms with van der Waals surface area (Å²) in [6, 6.07) is 15.0. The highest BCUT2D eigenvalue weighted by atomic mass is 32.2. The van der Waals surface area contributed by atoms with E-state index in [1.54, 1.807) is 12.1 Å². The molecule has 0 aromatic heterocycles. The van der Waals surface area contributed by atoms with Gasteiger partial charge in [-0.25, -0.2) is 8.42 Å². The van der Waals surface area contributed by atoms with Crippen LogP contribution in [0.15, 0.2) is 59.5 Å². The first-order chi connectivity index (χ1) is 12.3. The van der Waals surface area contributed by atoms with E-state index in [0.717, 1.165) is 12.0 Å². The summed E-state index contributed by atoms with van der Waals surface area (Å²) in [5.74, 6) is 0.116. The molecule has 0 bridgehead atoms. The first-order valence-electron chi connectivity index (χ1n) is 8.69. The number of benzene rings is 2. The highest BCUT2D eigenvalue weighted by Gasteiger charge is 2.17. The van der Waals surface area contributed by atoms with Crippen LogP contribution in [0.5, 0.6) is 0 Å². The van der Waals surface area contributed by atoms with E-state index in [1.807, 2.05) is 18.2 Å². The molecular formula is C20H26N2O3S. The zero-order chi connectivity index (χ0) is 19.2. The van der Waals surface area contributed by atoms with Gasteiger partial charge in [0.1, 0.15) is 0 Å². The molecule has 0 fully saturated rings. The molecule has 26 heavy (non-hydrogen) atoms. The van der Waals surface area contributed by atoms with Gasteiger partial charge in [0.05, 0.1) is 10.6 Å². The number of nitrogens with two attached hydrogens (primary N) is 1. The van der Waals surface area contributed by atoms with Gasteiger partial charge >= 0.3 is 0 Å². The number of hydrogen-bond donors (Lipinski definition) is 2. The lowest BCUT2D eigenvalue weighted by molar-refractivity contribution is 0.0933. The largest absolute Gasteiger partial charge is 0.348 e. The third-order valence-electron chi connectivity index (χ3n) is 4.05. The lowest BCUT2D eigenvalue weighted by Gasteiger charge is -2.18. The average molecular weight is 375 g/mol. The Bertz CT molecular complexity index is 816. The molecule has 0 saturated heterocycles. The smallest absolute Gasteiger partial charge is 0.251 e. The normalized spacial score (nSPS) is 12.8. The fraction of sp³-hybridized carbons (Fsp3) is 0.350. The van der Waals surface area contributed by atoms with Crippen LogP contribution in [0.3, 0.4) is 0 Å². The molecule has 140 valence electrons. The van der Waals surface area contributed by atoms with E-state index in [9.17, 15) is 13.2 Å². The van der Waals surface area contributed by atoms with Gasteiger partial charge in [-0.2, -0.15) is 0 Å². The van der Waals surface area contributed by atoms with Crippen molar-refractivity contribution in [2.24, 2.45) is 11.7 Å². The van der Waals surface area contributed by atoms with Crippen LogP contribution in [0.4, 0.5) is 0 Å². The molecule has 2 rings (SSSR count). The summed E-state index contributed by atoms with van der Waals surface area (Å²) in [5, 5.41) is 2.90. The number of sulfone groups is 1. The van der Waals surface area contributed by atoms with E-state index < -0.39 is 9.84 Å². The predicted octanol–water partition coefficient (Wildman–Crippen LogP) is 2.76. The van der Waals surface area contributed by atoms with Crippen molar-refractivity contribution in [3.8, 4) is 0 Å². The molecule has 1 atom stereocenters. The molecule has 2 aromatic rings. The maximum Gasteiger partial charge on any atom is 0.251 e. The minimum Gasteiger partial charge on any atom is -0.348 e. The molecule has 0 radical (unpaired) electrons. The molecule has 6 heteroatoms. The molecule has 0 aliphatic rings. The first-order valence-corrected chi connectivity index (χ1v) is 10.3. The van der Waals surface area contributed by atoms with Gasteiger partial charge in [0.25, 0.3) is 5.91 Å². The molecule has 2 aromatic carbocycles. The van der Waals surface area contributed by atoms with Crippen molar-refractivity contribution < 1.29 is 13.2 Å². The van der Waals surface area contributed by atoms with Crippen LogP contribution in [0.1, 0.15) is 36.2 Å². The first kappa shape index (κ1) is 20.1. The van der Waals surface area contributed by atoms with E-state index in [4.69, 9.17) is 5.73 Å². The molecule has 3 N–H and O–H groups in total. The Morgan fingerprint density at radius 3 is 2.19 bits per heavy atom. The lowest BCUT2D eigenvalue weighted by Crippen LogP contribution is -2.41. The SMILES string of the molecule is CC(C)CC(CN)NC(=O)c1ccc(S(=O)(=O)Cc2ccccc2)cc1. The standard InChI is InChI=1S/C20H26N2O3S/c1-15(2)12-18(13-21)22-20(23)17-8-10-19(11-9-17)26(24,25)14-16-6-4-3-5-7-16/h3-11,15,18H,12-14,21H2,1-2H3,(H,22,23). The highest BCUT2D eigenvalue weighted by molar-refractivity contribution is 7.90. The third-order valence-corrected chi connectivity index (χ3v) is 5.75. The van der Waals surface area contributed by atoms with Gasteiger partial charge in [-0.3, -0.25) is 4.79 Å². The summed E-state index contributed by atoms with van der Waals surface area (Å²) in [6.45, 7) is 4.51. The number of carbonyl (C=O) groups is 1.